The largest absolute Gasteiger partial charge is 0.383 e. The quantitative estimate of drug-likeness (QED) is 0.271. The summed E-state index contributed by atoms with van der Waals surface area (Å²) in [5.41, 5.74) is 1.21. The van der Waals surface area contributed by atoms with Crippen LogP contribution in [0, 0.1) is 0 Å². The molecule has 2 N–H and O–H groups in total. The van der Waals surface area contributed by atoms with Gasteiger partial charge in [-0.3, -0.25) is 4.99 Å². The molecule has 2 unspecified atom stereocenters. The first-order chi connectivity index (χ1) is 10.7. The maximum atomic E-state index is 5.84. The van der Waals surface area contributed by atoms with Crippen LogP contribution in [0.2, 0.25) is 0 Å². The van der Waals surface area contributed by atoms with E-state index in [4.69, 9.17) is 9.47 Å². The molecule has 0 aliphatic heterocycles. The number of nitrogens with zero attached hydrogens (tertiary/aromatic N) is 1. The molecule has 0 fully saturated rings. The number of hydrogen-bond donors (Lipinski definition) is 2. The van der Waals surface area contributed by atoms with Gasteiger partial charge in [-0.05, 0) is 25.8 Å². The van der Waals surface area contributed by atoms with E-state index < -0.39 is 0 Å². The molecule has 1 rings (SSSR count). The normalized spacial score (nSPS) is 13.8. The summed E-state index contributed by atoms with van der Waals surface area (Å²) in [6.07, 6.45) is 1.05. The molecule has 0 aliphatic rings. The zero-order chi connectivity index (χ0) is 16.2. The minimum atomic E-state index is 0. The number of hydrogen-bond acceptors (Lipinski definition) is 3. The predicted octanol–water partition coefficient (Wildman–Crippen LogP) is 2.97. The number of rotatable bonds is 9. The van der Waals surface area contributed by atoms with Gasteiger partial charge in [-0.1, -0.05) is 30.3 Å². The topological polar surface area (TPSA) is 54.9 Å². The van der Waals surface area contributed by atoms with Crippen LogP contribution in [0.3, 0.4) is 0 Å². The molecule has 5 nitrogen and oxygen atoms in total. The van der Waals surface area contributed by atoms with Gasteiger partial charge < -0.3 is 20.1 Å². The summed E-state index contributed by atoms with van der Waals surface area (Å²) in [7, 11) is 3.46. The smallest absolute Gasteiger partial charge is 0.191 e. The molecule has 0 heterocycles. The lowest BCUT2D eigenvalue weighted by molar-refractivity contribution is 0.0646. The Morgan fingerprint density at radius 3 is 2.52 bits per heavy atom. The van der Waals surface area contributed by atoms with Crippen LogP contribution in [0.5, 0.6) is 0 Å². The highest BCUT2D eigenvalue weighted by Gasteiger charge is 2.05. The third-order valence-corrected chi connectivity index (χ3v) is 3.27. The van der Waals surface area contributed by atoms with Crippen LogP contribution in [0.4, 0.5) is 0 Å². The highest BCUT2D eigenvalue weighted by molar-refractivity contribution is 14.0. The van der Waals surface area contributed by atoms with Crippen LogP contribution in [0.15, 0.2) is 35.3 Å². The van der Waals surface area contributed by atoms with Gasteiger partial charge in [-0.15, -0.1) is 24.0 Å². The average Bonchev–Trinajstić information content (AvgIpc) is 2.54. The van der Waals surface area contributed by atoms with Crippen molar-refractivity contribution in [1.82, 2.24) is 10.6 Å². The maximum Gasteiger partial charge on any atom is 0.191 e. The zero-order valence-electron chi connectivity index (χ0n) is 14.5. The number of halogens is 1. The molecule has 0 spiro atoms. The Bertz CT molecular complexity index is 429. The van der Waals surface area contributed by atoms with Crippen molar-refractivity contribution in [2.75, 3.05) is 33.9 Å². The van der Waals surface area contributed by atoms with Crippen molar-refractivity contribution in [3.63, 3.8) is 0 Å². The van der Waals surface area contributed by atoms with E-state index in [0.717, 1.165) is 18.9 Å². The van der Waals surface area contributed by atoms with Gasteiger partial charge in [0.2, 0.25) is 0 Å². The fourth-order valence-corrected chi connectivity index (χ4v) is 2.08. The molecular weight excluding hydrogens is 405 g/mol. The molecule has 0 amide bonds. The number of methoxy groups -OCH3 is 1. The Morgan fingerprint density at radius 1 is 1.22 bits per heavy atom. The molecule has 0 saturated heterocycles. The van der Waals surface area contributed by atoms with Gasteiger partial charge in [-0.2, -0.15) is 0 Å². The van der Waals surface area contributed by atoms with Crippen LogP contribution in [0.1, 0.15) is 31.9 Å². The Labute approximate surface area is 157 Å². The van der Waals surface area contributed by atoms with Gasteiger partial charge in [0.1, 0.15) is 0 Å². The lowest BCUT2D eigenvalue weighted by Crippen LogP contribution is -2.44. The summed E-state index contributed by atoms with van der Waals surface area (Å²) in [6, 6.07) is 10.5. The monoisotopic (exact) mass is 435 g/mol. The Hall–Kier alpha value is -0.860. The van der Waals surface area contributed by atoms with Crippen molar-refractivity contribution in [2.24, 2.45) is 4.99 Å². The Kier molecular flexibility index (Phi) is 13.1. The number of guanidine groups is 1. The van der Waals surface area contributed by atoms with E-state index in [1.54, 1.807) is 14.2 Å². The van der Waals surface area contributed by atoms with Gasteiger partial charge in [0, 0.05) is 33.4 Å². The molecule has 6 heteroatoms. The lowest BCUT2D eigenvalue weighted by atomic mass is 10.1. The summed E-state index contributed by atoms with van der Waals surface area (Å²) >= 11 is 0. The summed E-state index contributed by atoms with van der Waals surface area (Å²) < 4.78 is 10.9. The summed E-state index contributed by atoms with van der Waals surface area (Å²) in [4.78, 5) is 4.19. The van der Waals surface area contributed by atoms with Crippen LogP contribution in [-0.4, -0.2) is 45.9 Å². The second-order valence-electron chi connectivity index (χ2n) is 5.28. The number of nitrogens with one attached hydrogen (secondary N) is 2. The fourth-order valence-electron chi connectivity index (χ4n) is 2.08. The highest BCUT2D eigenvalue weighted by Crippen LogP contribution is 2.15. The summed E-state index contributed by atoms with van der Waals surface area (Å²) in [5.74, 6) is 0.792. The highest BCUT2D eigenvalue weighted by atomic mass is 127. The van der Waals surface area contributed by atoms with Crippen molar-refractivity contribution >= 4 is 29.9 Å². The van der Waals surface area contributed by atoms with Gasteiger partial charge in [-0.25, -0.2) is 0 Å². The third-order valence-electron chi connectivity index (χ3n) is 3.27. The van der Waals surface area contributed by atoms with Crippen LogP contribution >= 0.6 is 24.0 Å². The molecule has 1 aromatic rings. The van der Waals surface area contributed by atoms with Gasteiger partial charge in [0.25, 0.3) is 0 Å². The number of ether oxygens (including phenoxy) is 2. The molecule has 0 saturated carbocycles. The molecule has 132 valence electrons. The Balaban J connectivity index is 0.00000484. The van der Waals surface area contributed by atoms with E-state index in [1.807, 2.05) is 18.2 Å². The predicted molar refractivity (Wildman–Crippen MR) is 107 cm³/mol. The van der Waals surface area contributed by atoms with E-state index in [-0.39, 0.29) is 36.1 Å². The minimum absolute atomic E-state index is 0. The molecule has 2 atom stereocenters. The molecule has 23 heavy (non-hydrogen) atoms. The molecule has 0 radical (unpaired) electrons. The van der Waals surface area contributed by atoms with Crippen molar-refractivity contribution in [3.8, 4) is 0 Å². The van der Waals surface area contributed by atoms with Crippen molar-refractivity contribution in [3.05, 3.63) is 35.9 Å². The van der Waals surface area contributed by atoms with E-state index in [2.05, 4.69) is 41.6 Å². The van der Waals surface area contributed by atoms with Crippen LogP contribution in [0.25, 0.3) is 0 Å². The fraction of sp³-hybridized carbons (Fsp3) is 0.588. The first-order valence-electron chi connectivity index (χ1n) is 7.80. The van der Waals surface area contributed by atoms with Gasteiger partial charge in [0.15, 0.2) is 5.96 Å². The second-order valence-corrected chi connectivity index (χ2v) is 5.28. The van der Waals surface area contributed by atoms with E-state index >= 15 is 0 Å². The number of benzene rings is 1. The zero-order valence-corrected chi connectivity index (χ0v) is 16.9. The minimum Gasteiger partial charge on any atom is -0.383 e. The van der Waals surface area contributed by atoms with E-state index in [0.29, 0.717) is 13.2 Å². The molecule has 0 bridgehead atoms. The first-order valence-corrected chi connectivity index (χ1v) is 7.80. The van der Waals surface area contributed by atoms with Crippen molar-refractivity contribution < 1.29 is 9.47 Å². The molecule has 0 aromatic heterocycles. The summed E-state index contributed by atoms with van der Waals surface area (Å²) in [6.45, 7) is 6.32. The van der Waals surface area contributed by atoms with E-state index in [9.17, 15) is 0 Å². The Morgan fingerprint density at radius 2 is 1.91 bits per heavy atom. The third kappa shape index (κ3) is 9.78. The molecular formula is C17H30IN3O2. The molecule has 0 aliphatic carbocycles. The van der Waals surface area contributed by atoms with Gasteiger partial charge in [0.05, 0.1) is 12.7 Å². The van der Waals surface area contributed by atoms with Crippen molar-refractivity contribution in [2.45, 2.75) is 32.4 Å². The van der Waals surface area contributed by atoms with Crippen molar-refractivity contribution in [1.29, 1.82) is 0 Å². The summed E-state index contributed by atoms with van der Waals surface area (Å²) in [5, 5.41) is 6.54. The average molecular weight is 435 g/mol. The SMILES string of the molecule is CN=C(NCCCOC(C)c1ccccc1)NC(C)COC.I. The maximum absolute atomic E-state index is 5.84. The standard InChI is InChI=1S/C17H29N3O2.HI/c1-14(13-21-4)20-17(18-3)19-11-8-12-22-15(2)16-9-6-5-7-10-16;/h5-7,9-10,14-15H,8,11-13H2,1-4H3,(H2,18,19,20);1H. The van der Waals surface area contributed by atoms with Gasteiger partial charge >= 0.3 is 0 Å². The van der Waals surface area contributed by atoms with Crippen LogP contribution < -0.4 is 10.6 Å². The van der Waals surface area contributed by atoms with Crippen LogP contribution in [-0.2, 0) is 9.47 Å². The molecule has 1 aromatic carbocycles. The second kappa shape index (κ2) is 13.6. The first kappa shape index (κ1) is 22.1. The van der Waals surface area contributed by atoms with E-state index in [1.165, 1.54) is 5.56 Å². The number of aliphatic imine (C=N–C) groups is 1. The lowest BCUT2D eigenvalue weighted by Gasteiger charge is -2.17.